The van der Waals surface area contributed by atoms with Crippen LogP contribution in [0.3, 0.4) is 0 Å². The van der Waals surface area contributed by atoms with Gasteiger partial charge in [-0.15, -0.1) is 0 Å². The van der Waals surface area contributed by atoms with Crippen molar-refractivity contribution in [1.29, 1.82) is 0 Å². The summed E-state index contributed by atoms with van der Waals surface area (Å²) in [5.41, 5.74) is 2.17. The van der Waals surface area contributed by atoms with Crippen molar-refractivity contribution in [3.05, 3.63) is 52.8 Å². The van der Waals surface area contributed by atoms with Crippen LogP contribution in [0.15, 0.2) is 41.8 Å². The summed E-state index contributed by atoms with van der Waals surface area (Å²) in [5.74, 6) is 0. The molecule has 2 aromatic rings. The second kappa shape index (κ2) is 6.73. The summed E-state index contributed by atoms with van der Waals surface area (Å²) in [4.78, 5) is 8.45. The molecule has 5 heteroatoms. The van der Waals surface area contributed by atoms with E-state index in [1.54, 1.807) is 11.8 Å². The van der Waals surface area contributed by atoms with Crippen LogP contribution in [0.5, 0.6) is 0 Å². The second-order valence-corrected chi connectivity index (χ2v) is 4.95. The van der Waals surface area contributed by atoms with Crippen molar-refractivity contribution in [3.63, 3.8) is 0 Å². The molecule has 2 rings (SSSR count). The van der Waals surface area contributed by atoms with Gasteiger partial charge in [0.25, 0.3) is 0 Å². The van der Waals surface area contributed by atoms with Gasteiger partial charge in [-0.1, -0.05) is 41.6 Å². The third kappa shape index (κ3) is 3.70. The van der Waals surface area contributed by atoms with E-state index < -0.39 is 0 Å². The Morgan fingerprint density at radius 3 is 2.56 bits per heavy atom. The average Bonchev–Trinajstić information content (AvgIpc) is 2.42. The highest BCUT2D eigenvalue weighted by Crippen LogP contribution is 2.14. The lowest BCUT2D eigenvalue weighted by molar-refractivity contribution is 0.685. The Hall–Kier alpha value is -1.10. The summed E-state index contributed by atoms with van der Waals surface area (Å²) in [6, 6.07) is 7.83. The molecule has 0 unspecified atom stereocenters. The fourth-order valence-corrected chi connectivity index (χ4v) is 2.04. The zero-order valence-electron chi connectivity index (χ0n) is 10.1. The maximum absolute atomic E-state index is 6.08. The van der Waals surface area contributed by atoms with Crippen LogP contribution in [-0.2, 0) is 13.1 Å². The molecule has 0 aliphatic heterocycles. The molecule has 1 heterocycles. The van der Waals surface area contributed by atoms with Gasteiger partial charge in [-0.2, -0.15) is 0 Å². The quantitative estimate of drug-likeness (QED) is 0.674. The molecule has 0 saturated carbocycles. The van der Waals surface area contributed by atoms with E-state index in [0.29, 0.717) is 0 Å². The van der Waals surface area contributed by atoms with Crippen LogP contribution < -0.4 is 5.32 Å². The number of halogens is 1. The Kier molecular flexibility index (Phi) is 4.99. The number of benzene rings is 1. The zero-order chi connectivity index (χ0) is 12.8. The van der Waals surface area contributed by atoms with E-state index in [-0.39, 0.29) is 0 Å². The minimum absolute atomic E-state index is 0.736. The van der Waals surface area contributed by atoms with Gasteiger partial charge < -0.3 is 5.32 Å². The molecule has 0 amide bonds. The van der Waals surface area contributed by atoms with Gasteiger partial charge in [0.15, 0.2) is 5.16 Å². The third-order valence-electron chi connectivity index (χ3n) is 2.47. The SMILES string of the molecule is CSc1ncc(CNCc2ccccc2Cl)cn1. The molecular formula is C13H14ClN3S. The topological polar surface area (TPSA) is 37.8 Å². The van der Waals surface area contributed by atoms with Crippen molar-refractivity contribution in [2.75, 3.05) is 6.26 Å². The van der Waals surface area contributed by atoms with Gasteiger partial charge >= 0.3 is 0 Å². The van der Waals surface area contributed by atoms with E-state index in [9.17, 15) is 0 Å². The smallest absolute Gasteiger partial charge is 0.187 e. The van der Waals surface area contributed by atoms with Gasteiger partial charge in [-0.25, -0.2) is 9.97 Å². The average molecular weight is 280 g/mol. The first-order chi connectivity index (χ1) is 8.79. The lowest BCUT2D eigenvalue weighted by Crippen LogP contribution is -2.13. The van der Waals surface area contributed by atoms with E-state index in [2.05, 4.69) is 15.3 Å². The number of nitrogens with one attached hydrogen (secondary N) is 1. The molecule has 1 N–H and O–H groups in total. The Bertz CT molecular complexity index is 502. The molecule has 1 aromatic carbocycles. The van der Waals surface area contributed by atoms with Gasteiger partial charge in [-0.3, -0.25) is 0 Å². The largest absolute Gasteiger partial charge is 0.308 e. The number of thioether (sulfide) groups is 1. The fraction of sp³-hybridized carbons (Fsp3) is 0.231. The monoisotopic (exact) mass is 279 g/mol. The van der Waals surface area contributed by atoms with Gasteiger partial charge in [0.1, 0.15) is 0 Å². The molecule has 0 fully saturated rings. The van der Waals surface area contributed by atoms with Crippen LogP contribution in [0.25, 0.3) is 0 Å². The summed E-state index contributed by atoms with van der Waals surface area (Å²) in [7, 11) is 0. The van der Waals surface area contributed by atoms with Crippen LogP contribution in [-0.4, -0.2) is 16.2 Å². The molecule has 18 heavy (non-hydrogen) atoms. The molecule has 0 spiro atoms. The summed E-state index contributed by atoms with van der Waals surface area (Å²) >= 11 is 7.62. The summed E-state index contributed by atoms with van der Waals surface area (Å²) in [5, 5.41) is 4.91. The highest BCUT2D eigenvalue weighted by Gasteiger charge is 1.99. The molecule has 0 bridgehead atoms. The Morgan fingerprint density at radius 2 is 1.89 bits per heavy atom. The predicted octanol–water partition coefficient (Wildman–Crippen LogP) is 3.14. The van der Waals surface area contributed by atoms with Crippen molar-refractivity contribution in [2.45, 2.75) is 18.2 Å². The van der Waals surface area contributed by atoms with Crippen LogP contribution >= 0.6 is 23.4 Å². The molecule has 3 nitrogen and oxygen atoms in total. The molecule has 94 valence electrons. The maximum atomic E-state index is 6.08. The highest BCUT2D eigenvalue weighted by molar-refractivity contribution is 7.98. The molecule has 0 saturated heterocycles. The normalized spacial score (nSPS) is 10.6. The molecule has 0 atom stereocenters. The van der Waals surface area contributed by atoms with Gasteiger partial charge in [0.05, 0.1) is 0 Å². The van der Waals surface area contributed by atoms with Crippen molar-refractivity contribution < 1.29 is 0 Å². The van der Waals surface area contributed by atoms with E-state index in [1.165, 1.54) is 0 Å². The number of hydrogen-bond acceptors (Lipinski definition) is 4. The lowest BCUT2D eigenvalue weighted by atomic mass is 10.2. The zero-order valence-corrected chi connectivity index (χ0v) is 11.6. The van der Waals surface area contributed by atoms with Crippen LogP contribution in [0, 0.1) is 0 Å². The van der Waals surface area contributed by atoms with Gasteiger partial charge in [-0.05, 0) is 17.9 Å². The number of nitrogens with zero attached hydrogens (tertiary/aromatic N) is 2. The lowest BCUT2D eigenvalue weighted by Gasteiger charge is -2.06. The minimum Gasteiger partial charge on any atom is -0.308 e. The van der Waals surface area contributed by atoms with Gasteiger partial charge in [0, 0.05) is 36.1 Å². The predicted molar refractivity (Wildman–Crippen MR) is 75.8 cm³/mol. The van der Waals surface area contributed by atoms with Crippen molar-refractivity contribution in [3.8, 4) is 0 Å². The molecule has 1 aromatic heterocycles. The number of aromatic nitrogens is 2. The van der Waals surface area contributed by atoms with Crippen LogP contribution in [0.4, 0.5) is 0 Å². The standard InChI is InChI=1S/C13H14ClN3S/c1-18-13-16-7-10(8-17-13)6-15-9-11-4-2-3-5-12(11)14/h2-5,7-8,15H,6,9H2,1H3. The second-order valence-electron chi connectivity index (χ2n) is 3.77. The summed E-state index contributed by atoms with van der Waals surface area (Å²) in [6.07, 6.45) is 5.65. The minimum atomic E-state index is 0.736. The molecule has 0 aliphatic carbocycles. The van der Waals surface area contributed by atoms with E-state index in [1.807, 2.05) is 42.9 Å². The van der Waals surface area contributed by atoms with Gasteiger partial charge in [0.2, 0.25) is 0 Å². The molecule has 0 aliphatic rings. The van der Waals surface area contributed by atoms with Crippen molar-refractivity contribution >= 4 is 23.4 Å². The maximum Gasteiger partial charge on any atom is 0.187 e. The Balaban J connectivity index is 1.86. The summed E-state index contributed by atoms with van der Waals surface area (Å²) in [6.45, 7) is 1.48. The van der Waals surface area contributed by atoms with Crippen molar-refractivity contribution in [1.82, 2.24) is 15.3 Å². The van der Waals surface area contributed by atoms with Crippen LogP contribution in [0.2, 0.25) is 5.02 Å². The van der Waals surface area contributed by atoms with E-state index in [4.69, 9.17) is 11.6 Å². The van der Waals surface area contributed by atoms with E-state index >= 15 is 0 Å². The first kappa shape index (κ1) is 13.3. The Morgan fingerprint density at radius 1 is 1.17 bits per heavy atom. The molecular weight excluding hydrogens is 266 g/mol. The fourth-order valence-electron chi connectivity index (χ4n) is 1.52. The number of rotatable bonds is 5. The van der Waals surface area contributed by atoms with E-state index in [0.717, 1.165) is 34.4 Å². The summed E-state index contributed by atoms with van der Waals surface area (Å²) < 4.78 is 0. The first-order valence-electron chi connectivity index (χ1n) is 5.58. The van der Waals surface area contributed by atoms with Crippen LogP contribution in [0.1, 0.15) is 11.1 Å². The first-order valence-corrected chi connectivity index (χ1v) is 7.19. The Labute approximate surface area is 116 Å². The molecule has 0 radical (unpaired) electrons. The third-order valence-corrected chi connectivity index (χ3v) is 3.41. The number of hydrogen-bond donors (Lipinski definition) is 1. The van der Waals surface area contributed by atoms with Crippen molar-refractivity contribution in [2.24, 2.45) is 0 Å². The highest BCUT2D eigenvalue weighted by atomic mass is 35.5.